The van der Waals surface area contributed by atoms with Crippen LogP contribution in [-0.2, 0) is 25.7 Å². The summed E-state index contributed by atoms with van der Waals surface area (Å²) in [5, 5.41) is 0. The molecule has 0 unspecified atom stereocenters. The number of benzene rings is 1. The molecule has 0 aliphatic carbocycles. The summed E-state index contributed by atoms with van der Waals surface area (Å²) >= 11 is 3.01. The number of ether oxygens (including phenoxy) is 2. The fourth-order valence-electron chi connectivity index (χ4n) is 2.97. The van der Waals surface area contributed by atoms with Crippen molar-refractivity contribution < 1.29 is 27.8 Å². The van der Waals surface area contributed by atoms with Crippen LogP contribution < -0.4 is 0 Å². The largest absolute Gasteiger partial charge is 0.466 e. The van der Waals surface area contributed by atoms with Crippen LogP contribution in [0, 0.1) is 11.6 Å². The maximum absolute atomic E-state index is 13.7. The van der Waals surface area contributed by atoms with Gasteiger partial charge in [0.1, 0.15) is 18.2 Å². The second kappa shape index (κ2) is 16.2. The zero-order valence-corrected chi connectivity index (χ0v) is 19.4. The lowest BCUT2D eigenvalue weighted by Gasteiger charge is -2.08. The Labute approximate surface area is 186 Å². The van der Waals surface area contributed by atoms with Gasteiger partial charge in [0.05, 0.1) is 12.2 Å². The fraction of sp³-hybridized carbons (Fsp3) is 0.652. The van der Waals surface area contributed by atoms with E-state index in [1.165, 1.54) is 12.8 Å². The minimum atomic E-state index is -0.741. The van der Waals surface area contributed by atoms with E-state index in [1.807, 2.05) is 0 Å². The van der Waals surface area contributed by atoms with Gasteiger partial charge in [0.25, 0.3) is 0 Å². The van der Waals surface area contributed by atoms with Crippen molar-refractivity contribution in [1.29, 1.82) is 0 Å². The summed E-state index contributed by atoms with van der Waals surface area (Å²) in [6.45, 7) is 2.27. The molecule has 0 heterocycles. The molecule has 4 nitrogen and oxygen atoms in total. The number of carbonyl (C=O) groups is 2. The highest BCUT2D eigenvalue weighted by Gasteiger charge is 2.13. The van der Waals surface area contributed by atoms with Gasteiger partial charge in [-0.15, -0.1) is 0 Å². The quantitative estimate of drug-likeness (QED) is 0.184. The van der Waals surface area contributed by atoms with Gasteiger partial charge in [-0.25, -0.2) is 8.78 Å². The number of hydrogen-bond donors (Lipinski definition) is 0. The molecule has 0 saturated heterocycles. The molecule has 0 aromatic heterocycles. The second-order valence-electron chi connectivity index (χ2n) is 7.41. The Bertz CT molecular complexity index is 629. The summed E-state index contributed by atoms with van der Waals surface area (Å²) in [6, 6.07) is 2.28. The summed E-state index contributed by atoms with van der Waals surface area (Å²) in [7, 11) is 0. The maximum atomic E-state index is 13.7. The van der Waals surface area contributed by atoms with Crippen molar-refractivity contribution in [2.45, 2.75) is 90.6 Å². The van der Waals surface area contributed by atoms with E-state index < -0.39 is 24.2 Å². The lowest BCUT2D eigenvalue weighted by Crippen LogP contribution is -2.07. The predicted octanol–water partition coefficient (Wildman–Crippen LogP) is 7.01. The van der Waals surface area contributed by atoms with E-state index in [4.69, 9.17) is 9.47 Å². The molecular formula is C23H33BrF2O4. The Morgan fingerprint density at radius 3 is 1.87 bits per heavy atom. The van der Waals surface area contributed by atoms with Crippen molar-refractivity contribution in [3.8, 4) is 0 Å². The first-order chi connectivity index (χ1) is 14.4. The molecule has 0 N–H and O–H groups in total. The molecule has 1 rings (SSSR count). The summed E-state index contributed by atoms with van der Waals surface area (Å²) in [4.78, 5) is 23.3. The predicted molar refractivity (Wildman–Crippen MR) is 116 cm³/mol. The molecule has 0 atom stereocenters. The van der Waals surface area contributed by atoms with Gasteiger partial charge in [-0.05, 0) is 31.4 Å². The normalized spacial score (nSPS) is 10.8. The van der Waals surface area contributed by atoms with Gasteiger partial charge in [0.15, 0.2) is 0 Å². The summed E-state index contributed by atoms with van der Waals surface area (Å²) in [6.07, 6.45) is 10.4. The fourth-order valence-corrected chi connectivity index (χ4v) is 3.37. The van der Waals surface area contributed by atoms with E-state index in [1.54, 1.807) is 0 Å². The highest BCUT2D eigenvalue weighted by Crippen LogP contribution is 2.20. The molecule has 30 heavy (non-hydrogen) atoms. The van der Waals surface area contributed by atoms with Crippen molar-refractivity contribution in [3.05, 3.63) is 33.8 Å². The van der Waals surface area contributed by atoms with Crippen LogP contribution in [0.5, 0.6) is 0 Å². The smallest absolute Gasteiger partial charge is 0.306 e. The topological polar surface area (TPSA) is 52.6 Å². The first kappa shape index (κ1) is 26.5. The molecular weight excluding hydrogens is 458 g/mol. The van der Waals surface area contributed by atoms with Gasteiger partial charge >= 0.3 is 11.9 Å². The summed E-state index contributed by atoms with van der Waals surface area (Å²) < 4.78 is 37.8. The van der Waals surface area contributed by atoms with Crippen LogP contribution >= 0.6 is 15.9 Å². The Kier molecular flexibility index (Phi) is 14.4. The van der Waals surface area contributed by atoms with Crippen LogP contribution in [0.25, 0.3) is 0 Å². The van der Waals surface area contributed by atoms with Gasteiger partial charge in [-0.3, -0.25) is 9.59 Å². The van der Waals surface area contributed by atoms with Crippen LogP contribution in [0.1, 0.15) is 89.5 Å². The Balaban J connectivity index is 1.99. The van der Waals surface area contributed by atoms with E-state index in [2.05, 4.69) is 22.9 Å². The van der Waals surface area contributed by atoms with Crippen molar-refractivity contribution in [2.75, 3.05) is 6.61 Å². The molecule has 0 amide bonds. The zero-order chi connectivity index (χ0) is 22.2. The number of halogens is 3. The Morgan fingerprint density at radius 1 is 0.800 bits per heavy atom. The van der Waals surface area contributed by atoms with Crippen molar-refractivity contribution in [3.63, 3.8) is 0 Å². The summed E-state index contributed by atoms with van der Waals surface area (Å²) in [5.74, 6) is -2.06. The molecule has 0 aliphatic heterocycles. The molecule has 7 heteroatoms. The van der Waals surface area contributed by atoms with Gasteiger partial charge in [0, 0.05) is 17.3 Å². The van der Waals surface area contributed by atoms with Gasteiger partial charge in [0.2, 0.25) is 0 Å². The van der Waals surface area contributed by atoms with Crippen LogP contribution in [-0.4, -0.2) is 18.5 Å². The van der Waals surface area contributed by atoms with E-state index in [9.17, 15) is 18.4 Å². The SMILES string of the molecule is CCCCCCOC(=O)CCCCCCCCC(=O)OCc1c(F)cc(Br)cc1F. The second-order valence-corrected chi connectivity index (χ2v) is 8.33. The lowest BCUT2D eigenvalue weighted by atomic mass is 10.1. The highest BCUT2D eigenvalue weighted by atomic mass is 79.9. The highest BCUT2D eigenvalue weighted by molar-refractivity contribution is 9.10. The zero-order valence-electron chi connectivity index (χ0n) is 17.8. The molecule has 0 saturated carbocycles. The number of rotatable bonds is 16. The van der Waals surface area contributed by atoms with E-state index >= 15 is 0 Å². The average molecular weight is 491 g/mol. The molecule has 0 spiro atoms. The van der Waals surface area contributed by atoms with Crippen LogP contribution in [0.15, 0.2) is 16.6 Å². The van der Waals surface area contributed by atoms with Gasteiger partial charge in [-0.2, -0.15) is 0 Å². The van der Waals surface area contributed by atoms with Crippen LogP contribution in [0.3, 0.4) is 0 Å². The minimum absolute atomic E-state index is 0.118. The first-order valence-corrected chi connectivity index (χ1v) is 11.7. The van der Waals surface area contributed by atoms with Crippen molar-refractivity contribution in [2.24, 2.45) is 0 Å². The van der Waals surface area contributed by atoms with E-state index in [0.717, 1.165) is 57.1 Å². The molecule has 0 fully saturated rings. The number of unbranched alkanes of at least 4 members (excludes halogenated alkanes) is 8. The molecule has 0 aliphatic rings. The summed E-state index contributed by atoms with van der Waals surface area (Å²) in [5.41, 5.74) is -0.244. The average Bonchev–Trinajstić information content (AvgIpc) is 2.69. The van der Waals surface area contributed by atoms with E-state index in [0.29, 0.717) is 23.9 Å². The van der Waals surface area contributed by atoms with Gasteiger partial charge in [-0.1, -0.05) is 67.8 Å². The molecule has 1 aromatic rings. The lowest BCUT2D eigenvalue weighted by molar-refractivity contribution is -0.145. The maximum Gasteiger partial charge on any atom is 0.306 e. The third-order valence-corrected chi connectivity index (χ3v) is 5.21. The van der Waals surface area contributed by atoms with E-state index in [-0.39, 0.29) is 18.0 Å². The number of carbonyl (C=O) groups excluding carboxylic acids is 2. The third kappa shape index (κ3) is 12.3. The number of hydrogen-bond acceptors (Lipinski definition) is 4. The van der Waals surface area contributed by atoms with Gasteiger partial charge < -0.3 is 9.47 Å². The standard InChI is InChI=1S/C23H33BrF2O4/c1-2-3-4-11-14-29-22(27)12-9-7-5-6-8-10-13-23(28)30-17-19-20(25)15-18(24)16-21(19)26/h15-16H,2-14,17H2,1H3. The number of esters is 2. The Hall–Kier alpha value is -1.50. The first-order valence-electron chi connectivity index (χ1n) is 10.9. The Morgan fingerprint density at radius 2 is 1.30 bits per heavy atom. The third-order valence-electron chi connectivity index (χ3n) is 4.76. The monoisotopic (exact) mass is 490 g/mol. The molecule has 0 bridgehead atoms. The van der Waals surface area contributed by atoms with Crippen LogP contribution in [0.2, 0.25) is 0 Å². The van der Waals surface area contributed by atoms with Crippen LogP contribution in [0.4, 0.5) is 8.78 Å². The van der Waals surface area contributed by atoms with Crippen molar-refractivity contribution >= 4 is 27.9 Å². The molecule has 1 aromatic carbocycles. The molecule has 170 valence electrons. The molecule has 0 radical (unpaired) electrons. The van der Waals surface area contributed by atoms with Crippen molar-refractivity contribution in [1.82, 2.24) is 0 Å². The minimum Gasteiger partial charge on any atom is -0.466 e.